The zero-order valence-corrected chi connectivity index (χ0v) is 10.4. The van der Waals surface area contributed by atoms with Crippen molar-refractivity contribution in [3.8, 4) is 0 Å². The van der Waals surface area contributed by atoms with Crippen LogP contribution in [0.2, 0.25) is 0 Å². The summed E-state index contributed by atoms with van der Waals surface area (Å²) in [5, 5.41) is 3.42. The van der Waals surface area contributed by atoms with Gasteiger partial charge in [-0.25, -0.2) is 0 Å². The van der Waals surface area contributed by atoms with Crippen molar-refractivity contribution in [1.29, 1.82) is 0 Å². The maximum absolute atomic E-state index is 11.6. The van der Waals surface area contributed by atoms with E-state index in [9.17, 15) is 4.79 Å². The van der Waals surface area contributed by atoms with Crippen molar-refractivity contribution >= 4 is 5.91 Å². The normalized spacial score (nSPS) is 23.9. The zero-order chi connectivity index (χ0) is 11.4. The molecule has 0 bridgehead atoms. The van der Waals surface area contributed by atoms with E-state index in [1.807, 2.05) is 11.9 Å². The van der Waals surface area contributed by atoms with Gasteiger partial charge in [0.2, 0.25) is 5.91 Å². The third kappa shape index (κ3) is 3.82. The zero-order valence-electron chi connectivity index (χ0n) is 10.4. The molecule has 15 heavy (non-hydrogen) atoms. The highest BCUT2D eigenvalue weighted by Crippen LogP contribution is 2.12. The van der Waals surface area contributed by atoms with Gasteiger partial charge in [0.1, 0.15) is 0 Å². The van der Waals surface area contributed by atoms with Crippen molar-refractivity contribution in [2.45, 2.75) is 52.1 Å². The van der Waals surface area contributed by atoms with Crippen LogP contribution in [-0.2, 0) is 4.79 Å². The second-order valence-corrected chi connectivity index (χ2v) is 5.14. The highest BCUT2D eigenvalue weighted by atomic mass is 16.2. The molecule has 1 N–H and O–H groups in total. The first-order chi connectivity index (χ1) is 7.00. The summed E-state index contributed by atoms with van der Waals surface area (Å²) >= 11 is 0. The molecular weight excluding hydrogens is 188 g/mol. The molecule has 3 nitrogen and oxygen atoms in total. The Morgan fingerprint density at radius 3 is 2.53 bits per heavy atom. The molecule has 1 aliphatic rings. The van der Waals surface area contributed by atoms with Gasteiger partial charge in [-0.3, -0.25) is 4.79 Å². The van der Waals surface area contributed by atoms with Gasteiger partial charge >= 0.3 is 0 Å². The van der Waals surface area contributed by atoms with Crippen LogP contribution in [0.25, 0.3) is 0 Å². The van der Waals surface area contributed by atoms with Crippen molar-refractivity contribution in [1.82, 2.24) is 10.2 Å². The fourth-order valence-electron chi connectivity index (χ4n) is 1.99. The molecule has 1 amide bonds. The lowest BCUT2D eigenvalue weighted by Gasteiger charge is -2.19. The average molecular weight is 212 g/mol. The summed E-state index contributed by atoms with van der Waals surface area (Å²) in [4.78, 5) is 13.5. The van der Waals surface area contributed by atoms with Gasteiger partial charge in [-0.1, -0.05) is 13.8 Å². The second kappa shape index (κ2) is 5.50. The number of hydrogen-bond donors (Lipinski definition) is 1. The molecule has 0 aliphatic carbocycles. The average Bonchev–Trinajstić information content (AvgIpc) is 2.47. The summed E-state index contributed by atoms with van der Waals surface area (Å²) < 4.78 is 0. The highest BCUT2D eigenvalue weighted by Gasteiger charge is 2.29. The van der Waals surface area contributed by atoms with Gasteiger partial charge in [0.15, 0.2) is 0 Å². The van der Waals surface area contributed by atoms with E-state index in [0.29, 0.717) is 6.04 Å². The number of likely N-dealkylation sites (N-methyl/N-ethyl adjacent to an activating group) is 1. The topological polar surface area (TPSA) is 32.3 Å². The van der Waals surface area contributed by atoms with Gasteiger partial charge < -0.3 is 10.2 Å². The van der Waals surface area contributed by atoms with E-state index in [2.05, 4.69) is 26.1 Å². The van der Waals surface area contributed by atoms with Crippen LogP contribution in [0.3, 0.4) is 0 Å². The Hall–Kier alpha value is -0.570. The minimum Gasteiger partial charge on any atom is -0.344 e. The molecule has 0 saturated carbocycles. The number of nitrogens with zero attached hydrogens (tertiary/aromatic N) is 1. The lowest BCUT2D eigenvalue weighted by atomic mass is 10.0. The molecule has 0 spiro atoms. The van der Waals surface area contributed by atoms with Gasteiger partial charge in [-0.05, 0) is 32.1 Å². The molecule has 2 unspecified atom stereocenters. The van der Waals surface area contributed by atoms with Crippen molar-refractivity contribution in [2.75, 3.05) is 13.6 Å². The van der Waals surface area contributed by atoms with Crippen LogP contribution in [0.4, 0.5) is 0 Å². The predicted molar refractivity (Wildman–Crippen MR) is 62.7 cm³/mol. The van der Waals surface area contributed by atoms with Crippen LogP contribution >= 0.6 is 0 Å². The Labute approximate surface area is 93.2 Å². The van der Waals surface area contributed by atoms with Gasteiger partial charge in [0, 0.05) is 19.6 Å². The Morgan fingerprint density at radius 1 is 1.40 bits per heavy atom. The van der Waals surface area contributed by atoms with E-state index >= 15 is 0 Å². The van der Waals surface area contributed by atoms with Crippen LogP contribution < -0.4 is 5.32 Å². The standard InChI is InChI=1S/C12H24N2O/c1-9(2)5-6-10(3)13-11-7-8-14(4)12(11)15/h9-11,13H,5-8H2,1-4H3. The van der Waals surface area contributed by atoms with Crippen molar-refractivity contribution < 1.29 is 4.79 Å². The van der Waals surface area contributed by atoms with Gasteiger partial charge in [-0.15, -0.1) is 0 Å². The molecule has 1 saturated heterocycles. The lowest BCUT2D eigenvalue weighted by molar-refractivity contribution is -0.128. The third-order valence-electron chi connectivity index (χ3n) is 3.09. The molecule has 1 rings (SSSR count). The monoisotopic (exact) mass is 212 g/mol. The molecule has 1 fully saturated rings. The van der Waals surface area contributed by atoms with Gasteiger partial charge in [0.25, 0.3) is 0 Å². The molecule has 2 atom stereocenters. The number of nitrogens with one attached hydrogen (secondary N) is 1. The van der Waals surface area contributed by atoms with Crippen LogP contribution in [0.1, 0.15) is 40.0 Å². The Bertz CT molecular complexity index is 216. The van der Waals surface area contributed by atoms with Crippen molar-refractivity contribution in [3.63, 3.8) is 0 Å². The molecule has 0 aromatic carbocycles. The number of amides is 1. The first-order valence-corrected chi connectivity index (χ1v) is 6.01. The minimum atomic E-state index is 0.0668. The Morgan fingerprint density at radius 2 is 2.07 bits per heavy atom. The van der Waals surface area contributed by atoms with E-state index in [-0.39, 0.29) is 11.9 Å². The second-order valence-electron chi connectivity index (χ2n) is 5.14. The van der Waals surface area contributed by atoms with Gasteiger partial charge in [0.05, 0.1) is 6.04 Å². The number of carbonyl (C=O) groups excluding carboxylic acids is 1. The molecular formula is C12H24N2O. The van der Waals surface area contributed by atoms with Crippen LogP contribution in [0, 0.1) is 5.92 Å². The predicted octanol–water partition coefficient (Wildman–Crippen LogP) is 1.63. The van der Waals surface area contributed by atoms with E-state index in [1.54, 1.807) is 0 Å². The lowest BCUT2D eigenvalue weighted by Crippen LogP contribution is -2.41. The maximum Gasteiger partial charge on any atom is 0.239 e. The Balaban J connectivity index is 2.26. The number of likely N-dealkylation sites (tertiary alicyclic amines) is 1. The van der Waals surface area contributed by atoms with Gasteiger partial charge in [-0.2, -0.15) is 0 Å². The van der Waals surface area contributed by atoms with E-state index in [0.717, 1.165) is 25.3 Å². The molecule has 0 aromatic rings. The highest BCUT2D eigenvalue weighted by molar-refractivity contribution is 5.83. The molecule has 3 heteroatoms. The number of hydrogen-bond acceptors (Lipinski definition) is 2. The van der Waals surface area contributed by atoms with Crippen LogP contribution in [-0.4, -0.2) is 36.5 Å². The SMILES string of the molecule is CC(C)CCC(C)NC1CCN(C)C1=O. The smallest absolute Gasteiger partial charge is 0.239 e. The molecule has 0 aromatic heterocycles. The number of rotatable bonds is 5. The maximum atomic E-state index is 11.6. The largest absolute Gasteiger partial charge is 0.344 e. The summed E-state index contributed by atoms with van der Waals surface area (Å²) in [5.41, 5.74) is 0. The van der Waals surface area contributed by atoms with Crippen molar-refractivity contribution in [2.24, 2.45) is 5.92 Å². The Kier molecular flexibility index (Phi) is 4.58. The molecule has 1 aliphatic heterocycles. The first-order valence-electron chi connectivity index (χ1n) is 6.01. The summed E-state index contributed by atoms with van der Waals surface area (Å²) in [7, 11) is 1.88. The fraction of sp³-hybridized carbons (Fsp3) is 0.917. The summed E-state index contributed by atoms with van der Waals surface area (Å²) in [6.45, 7) is 7.55. The molecule has 0 radical (unpaired) electrons. The first kappa shape index (κ1) is 12.5. The molecule has 1 heterocycles. The number of carbonyl (C=O) groups is 1. The van der Waals surface area contributed by atoms with Crippen LogP contribution in [0.15, 0.2) is 0 Å². The van der Waals surface area contributed by atoms with Crippen LogP contribution in [0.5, 0.6) is 0 Å². The summed E-state index contributed by atoms with van der Waals surface area (Å²) in [6, 6.07) is 0.519. The third-order valence-corrected chi connectivity index (χ3v) is 3.09. The summed E-state index contributed by atoms with van der Waals surface area (Å²) in [6.07, 6.45) is 3.34. The van der Waals surface area contributed by atoms with E-state index in [1.165, 1.54) is 6.42 Å². The fourth-order valence-corrected chi connectivity index (χ4v) is 1.99. The van der Waals surface area contributed by atoms with E-state index in [4.69, 9.17) is 0 Å². The van der Waals surface area contributed by atoms with Crippen molar-refractivity contribution in [3.05, 3.63) is 0 Å². The summed E-state index contributed by atoms with van der Waals surface area (Å²) in [5.74, 6) is 1.00. The minimum absolute atomic E-state index is 0.0668. The molecule has 88 valence electrons. The van der Waals surface area contributed by atoms with E-state index < -0.39 is 0 Å². The quantitative estimate of drug-likeness (QED) is 0.751.